The maximum atomic E-state index is 14.2. The van der Waals surface area contributed by atoms with Crippen molar-refractivity contribution in [3.8, 4) is 5.69 Å². The number of aromatic nitrogens is 1. The van der Waals surface area contributed by atoms with Crippen LogP contribution in [0.15, 0.2) is 78.9 Å². The van der Waals surface area contributed by atoms with E-state index in [4.69, 9.17) is 11.6 Å². The fraction of sp³-hybridized carbons (Fsp3) is 0.0476. The molecule has 1 aromatic heterocycles. The lowest BCUT2D eigenvalue weighted by molar-refractivity contribution is 0.613. The van der Waals surface area contributed by atoms with Crippen LogP contribution in [-0.2, 0) is 6.42 Å². The van der Waals surface area contributed by atoms with E-state index in [9.17, 15) is 4.39 Å². The predicted octanol–water partition coefficient (Wildman–Crippen LogP) is 6.01. The third kappa shape index (κ3) is 2.59. The van der Waals surface area contributed by atoms with Crippen molar-refractivity contribution in [3.05, 3.63) is 101 Å². The second-order valence-electron chi connectivity index (χ2n) is 5.74. The molecule has 0 amide bonds. The first-order valence-corrected chi connectivity index (χ1v) is 8.19. The van der Waals surface area contributed by atoms with Gasteiger partial charge in [-0.1, -0.05) is 54.1 Å². The van der Waals surface area contributed by atoms with Crippen molar-refractivity contribution in [1.82, 2.24) is 4.57 Å². The summed E-state index contributed by atoms with van der Waals surface area (Å²) in [4.78, 5) is 0. The molecule has 3 heteroatoms. The molecule has 0 atom stereocenters. The fourth-order valence-corrected chi connectivity index (χ4v) is 3.34. The van der Waals surface area contributed by atoms with Crippen molar-refractivity contribution in [2.75, 3.05) is 0 Å². The maximum Gasteiger partial charge on any atom is 0.128 e. The molecule has 0 aliphatic heterocycles. The summed E-state index contributed by atoms with van der Waals surface area (Å²) in [5.74, 6) is -0.271. The molecular weight excluding hydrogens is 321 g/mol. The Bertz CT molecular complexity index is 985. The zero-order chi connectivity index (χ0) is 16.5. The topological polar surface area (TPSA) is 4.93 Å². The van der Waals surface area contributed by atoms with Crippen molar-refractivity contribution in [3.63, 3.8) is 0 Å². The van der Waals surface area contributed by atoms with E-state index in [0.29, 0.717) is 17.0 Å². The summed E-state index contributed by atoms with van der Waals surface area (Å²) in [5.41, 5.74) is 3.70. The van der Waals surface area contributed by atoms with Crippen LogP contribution in [0.25, 0.3) is 16.6 Å². The molecule has 3 aromatic carbocycles. The van der Waals surface area contributed by atoms with Gasteiger partial charge >= 0.3 is 0 Å². The molecule has 4 rings (SSSR count). The molecule has 0 radical (unpaired) electrons. The van der Waals surface area contributed by atoms with E-state index in [-0.39, 0.29) is 5.82 Å². The Kier molecular flexibility index (Phi) is 3.83. The van der Waals surface area contributed by atoms with Gasteiger partial charge in [0.1, 0.15) is 5.82 Å². The largest absolute Gasteiger partial charge is 0.313 e. The van der Waals surface area contributed by atoms with E-state index >= 15 is 0 Å². The molecule has 0 aliphatic rings. The molecule has 4 aromatic rings. The summed E-state index contributed by atoms with van der Waals surface area (Å²) in [7, 11) is 0. The third-order valence-corrected chi connectivity index (χ3v) is 4.58. The molecule has 1 nitrogen and oxygen atoms in total. The third-order valence-electron chi connectivity index (χ3n) is 4.22. The molecule has 0 spiro atoms. The van der Waals surface area contributed by atoms with E-state index in [1.54, 1.807) is 12.1 Å². The van der Waals surface area contributed by atoms with Crippen LogP contribution in [0.3, 0.4) is 0 Å². The molecule has 0 unspecified atom stereocenters. The van der Waals surface area contributed by atoms with Gasteiger partial charge in [-0.15, -0.1) is 0 Å². The van der Waals surface area contributed by atoms with Crippen LogP contribution in [0.5, 0.6) is 0 Å². The monoisotopic (exact) mass is 335 g/mol. The average molecular weight is 336 g/mol. The standard InChI is InChI=1S/C21H15ClFN/c22-19-10-6-11-20(23)18(19)14-17-13-15-7-4-5-12-21(15)24(17)16-8-2-1-3-9-16/h1-13H,14H2. The van der Waals surface area contributed by atoms with Gasteiger partial charge in [0.05, 0.1) is 5.52 Å². The molecule has 24 heavy (non-hydrogen) atoms. The Labute approximate surface area is 144 Å². The Hall–Kier alpha value is -2.58. The molecule has 0 saturated carbocycles. The Morgan fingerprint density at radius 1 is 0.833 bits per heavy atom. The zero-order valence-corrected chi connectivity index (χ0v) is 13.7. The summed E-state index contributed by atoms with van der Waals surface area (Å²) in [6.45, 7) is 0. The summed E-state index contributed by atoms with van der Waals surface area (Å²) in [6, 6.07) is 25.2. The molecular formula is C21H15ClFN. The van der Waals surface area contributed by atoms with Gasteiger partial charge < -0.3 is 4.57 Å². The van der Waals surface area contributed by atoms with Crippen molar-refractivity contribution in [2.24, 2.45) is 0 Å². The van der Waals surface area contributed by atoms with Crippen LogP contribution >= 0.6 is 11.6 Å². The first-order valence-electron chi connectivity index (χ1n) is 7.82. The number of rotatable bonds is 3. The van der Waals surface area contributed by atoms with Crippen molar-refractivity contribution < 1.29 is 4.39 Å². The lowest BCUT2D eigenvalue weighted by Gasteiger charge is -2.12. The van der Waals surface area contributed by atoms with E-state index in [1.807, 2.05) is 30.3 Å². The number of hydrogen-bond donors (Lipinski definition) is 0. The van der Waals surface area contributed by atoms with Crippen LogP contribution in [0, 0.1) is 5.82 Å². The lowest BCUT2D eigenvalue weighted by Crippen LogP contribution is -2.02. The van der Waals surface area contributed by atoms with Crippen molar-refractivity contribution in [2.45, 2.75) is 6.42 Å². The van der Waals surface area contributed by atoms with Gasteiger partial charge in [0.2, 0.25) is 0 Å². The Balaban J connectivity index is 1.92. The molecule has 0 N–H and O–H groups in total. The zero-order valence-electron chi connectivity index (χ0n) is 12.9. The number of fused-ring (bicyclic) bond motifs is 1. The quantitative estimate of drug-likeness (QED) is 0.432. The second-order valence-corrected chi connectivity index (χ2v) is 6.15. The molecule has 0 saturated heterocycles. The van der Waals surface area contributed by atoms with Crippen LogP contribution in [0.2, 0.25) is 5.02 Å². The van der Waals surface area contributed by atoms with Crippen LogP contribution in [0.1, 0.15) is 11.3 Å². The lowest BCUT2D eigenvalue weighted by atomic mass is 10.1. The van der Waals surface area contributed by atoms with Gasteiger partial charge in [0, 0.05) is 33.8 Å². The second kappa shape index (κ2) is 6.14. The number of hydrogen-bond acceptors (Lipinski definition) is 0. The van der Waals surface area contributed by atoms with Gasteiger partial charge in [-0.3, -0.25) is 0 Å². The summed E-state index contributed by atoms with van der Waals surface area (Å²) < 4.78 is 16.4. The van der Waals surface area contributed by atoms with Crippen LogP contribution in [0.4, 0.5) is 4.39 Å². The molecule has 1 heterocycles. The van der Waals surface area contributed by atoms with Gasteiger partial charge in [0.15, 0.2) is 0 Å². The normalized spacial score (nSPS) is 11.1. The Morgan fingerprint density at radius 2 is 1.58 bits per heavy atom. The highest BCUT2D eigenvalue weighted by molar-refractivity contribution is 6.31. The van der Waals surface area contributed by atoms with Crippen molar-refractivity contribution in [1.29, 1.82) is 0 Å². The van der Waals surface area contributed by atoms with Gasteiger partial charge in [-0.2, -0.15) is 0 Å². The number of halogens is 2. The minimum atomic E-state index is -0.271. The predicted molar refractivity (Wildman–Crippen MR) is 97.5 cm³/mol. The first-order chi connectivity index (χ1) is 11.7. The van der Waals surface area contributed by atoms with Crippen molar-refractivity contribution >= 4 is 22.5 Å². The number of benzene rings is 3. The van der Waals surface area contributed by atoms with Gasteiger partial charge in [-0.25, -0.2) is 4.39 Å². The smallest absolute Gasteiger partial charge is 0.128 e. The number of nitrogens with zero attached hydrogens (tertiary/aromatic N) is 1. The van der Waals surface area contributed by atoms with Crippen LogP contribution < -0.4 is 0 Å². The highest BCUT2D eigenvalue weighted by Crippen LogP contribution is 2.29. The maximum absolute atomic E-state index is 14.2. The summed E-state index contributed by atoms with van der Waals surface area (Å²) in [6.07, 6.45) is 0.440. The van der Waals surface area contributed by atoms with Gasteiger partial charge in [-0.05, 0) is 36.4 Å². The molecule has 0 aliphatic carbocycles. The van der Waals surface area contributed by atoms with Crippen LogP contribution in [-0.4, -0.2) is 4.57 Å². The van der Waals surface area contributed by atoms with E-state index < -0.39 is 0 Å². The minimum Gasteiger partial charge on any atom is -0.313 e. The molecule has 0 bridgehead atoms. The van der Waals surface area contributed by atoms with E-state index in [2.05, 4.69) is 34.9 Å². The van der Waals surface area contributed by atoms with Gasteiger partial charge in [0.25, 0.3) is 0 Å². The minimum absolute atomic E-state index is 0.271. The Morgan fingerprint density at radius 3 is 2.38 bits per heavy atom. The fourth-order valence-electron chi connectivity index (χ4n) is 3.11. The molecule has 0 fully saturated rings. The average Bonchev–Trinajstić information content (AvgIpc) is 2.97. The number of para-hydroxylation sites is 2. The van der Waals surface area contributed by atoms with E-state index in [1.165, 1.54) is 6.07 Å². The SMILES string of the molecule is Fc1cccc(Cl)c1Cc1cc2ccccc2n1-c1ccccc1. The highest BCUT2D eigenvalue weighted by atomic mass is 35.5. The summed E-state index contributed by atoms with van der Waals surface area (Å²) in [5, 5.41) is 1.59. The van der Waals surface area contributed by atoms with E-state index in [0.717, 1.165) is 22.3 Å². The highest BCUT2D eigenvalue weighted by Gasteiger charge is 2.14. The summed E-state index contributed by atoms with van der Waals surface area (Å²) >= 11 is 6.23. The first kappa shape index (κ1) is 15.0. The molecule has 118 valence electrons.